The maximum absolute atomic E-state index is 13.2. The van der Waals surface area contributed by atoms with Crippen molar-refractivity contribution in [3.8, 4) is 5.75 Å². The molecule has 0 aliphatic heterocycles. The lowest BCUT2D eigenvalue weighted by atomic mass is 10.1. The molecule has 0 aliphatic rings. The molecule has 0 saturated heterocycles. The monoisotopic (exact) mass is 451 g/mol. The van der Waals surface area contributed by atoms with Gasteiger partial charge in [0.25, 0.3) is 0 Å². The highest BCUT2D eigenvalue weighted by Crippen LogP contribution is 2.36. The molecule has 1 unspecified atom stereocenters. The zero-order chi connectivity index (χ0) is 21.8. The average molecular weight is 452 g/mol. The number of amides is 1. The smallest absolute Gasteiger partial charge is 0.242 e. The number of benzene rings is 3. The molecule has 0 radical (unpaired) electrons. The van der Waals surface area contributed by atoms with Crippen LogP contribution in [0.3, 0.4) is 0 Å². The predicted molar refractivity (Wildman–Crippen MR) is 127 cm³/mol. The standard InChI is InChI=1S/C24H22ClN3O2S/c1-3-30-18-11-12-20-21(14-18)28-24(27-20)31-22(16-7-5-4-6-8-16)23(29)26-17-10-9-15(2)19(25)13-17/h4-14,22H,3H2,1-2H3,(H,26,29)(H,27,28). The number of aromatic nitrogens is 2. The number of thioether (sulfide) groups is 1. The molecule has 1 aromatic heterocycles. The molecule has 7 heteroatoms. The molecule has 0 spiro atoms. The molecule has 0 bridgehead atoms. The van der Waals surface area contributed by atoms with Gasteiger partial charge < -0.3 is 15.0 Å². The highest BCUT2D eigenvalue weighted by atomic mass is 35.5. The number of hydrogen-bond acceptors (Lipinski definition) is 4. The summed E-state index contributed by atoms with van der Waals surface area (Å²) in [7, 11) is 0. The van der Waals surface area contributed by atoms with Gasteiger partial charge in [0.1, 0.15) is 11.0 Å². The lowest BCUT2D eigenvalue weighted by Gasteiger charge is -2.16. The Balaban J connectivity index is 1.61. The molecule has 0 aliphatic carbocycles. The molecule has 158 valence electrons. The maximum atomic E-state index is 13.2. The SMILES string of the molecule is CCOc1ccc2nc(SC(C(=O)Nc3ccc(C)c(Cl)c3)c3ccccc3)[nH]c2c1. The number of aryl methyl sites for hydroxylation is 1. The van der Waals surface area contributed by atoms with Crippen LogP contribution in [0.4, 0.5) is 5.69 Å². The second-order valence-corrected chi connectivity index (χ2v) is 8.52. The molecule has 0 saturated carbocycles. The summed E-state index contributed by atoms with van der Waals surface area (Å²) in [4.78, 5) is 21.2. The van der Waals surface area contributed by atoms with Gasteiger partial charge in [0.15, 0.2) is 5.16 Å². The summed E-state index contributed by atoms with van der Waals surface area (Å²) in [6, 6.07) is 20.9. The number of aromatic amines is 1. The summed E-state index contributed by atoms with van der Waals surface area (Å²) in [5, 5.41) is 3.77. The first-order valence-electron chi connectivity index (χ1n) is 9.94. The number of ether oxygens (including phenoxy) is 1. The lowest BCUT2D eigenvalue weighted by Crippen LogP contribution is -2.19. The largest absolute Gasteiger partial charge is 0.494 e. The van der Waals surface area contributed by atoms with Crippen LogP contribution in [-0.4, -0.2) is 22.5 Å². The van der Waals surface area contributed by atoms with Crippen LogP contribution in [0, 0.1) is 6.92 Å². The van der Waals surface area contributed by atoms with Crippen LogP contribution in [0.15, 0.2) is 71.9 Å². The Kier molecular flexibility index (Phi) is 6.49. The van der Waals surface area contributed by atoms with E-state index in [0.717, 1.165) is 27.9 Å². The first-order chi connectivity index (χ1) is 15.0. The Labute approximate surface area is 190 Å². The minimum Gasteiger partial charge on any atom is -0.494 e. The summed E-state index contributed by atoms with van der Waals surface area (Å²) in [6.07, 6.45) is 0. The molecule has 3 aromatic carbocycles. The van der Waals surface area contributed by atoms with E-state index in [2.05, 4.69) is 15.3 Å². The third kappa shape index (κ3) is 5.03. The molecular formula is C24H22ClN3O2S. The fraction of sp³-hybridized carbons (Fsp3) is 0.167. The fourth-order valence-corrected chi connectivity index (χ4v) is 4.35. The summed E-state index contributed by atoms with van der Waals surface area (Å²) < 4.78 is 5.57. The van der Waals surface area contributed by atoms with E-state index >= 15 is 0 Å². The van der Waals surface area contributed by atoms with Crippen LogP contribution in [0.2, 0.25) is 5.02 Å². The number of H-pyrrole nitrogens is 1. The van der Waals surface area contributed by atoms with Gasteiger partial charge in [-0.05, 0) is 49.2 Å². The van der Waals surface area contributed by atoms with Crippen LogP contribution in [0.5, 0.6) is 5.75 Å². The number of nitrogens with zero attached hydrogens (tertiary/aromatic N) is 1. The Hall–Kier alpha value is -2.96. The van der Waals surface area contributed by atoms with E-state index in [1.54, 1.807) is 6.07 Å². The quantitative estimate of drug-likeness (QED) is 0.319. The zero-order valence-electron chi connectivity index (χ0n) is 17.2. The molecule has 1 amide bonds. The molecule has 0 fully saturated rings. The number of nitrogens with one attached hydrogen (secondary N) is 2. The van der Waals surface area contributed by atoms with Crippen LogP contribution in [0.1, 0.15) is 23.3 Å². The number of anilines is 1. The van der Waals surface area contributed by atoms with Crippen LogP contribution < -0.4 is 10.1 Å². The molecule has 4 rings (SSSR count). The molecular weight excluding hydrogens is 430 g/mol. The van der Waals surface area contributed by atoms with Gasteiger partial charge in [-0.15, -0.1) is 0 Å². The zero-order valence-corrected chi connectivity index (χ0v) is 18.8. The number of carbonyl (C=O) groups excluding carboxylic acids is 1. The number of imidazole rings is 1. The predicted octanol–water partition coefficient (Wildman–Crippen LogP) is 6.40. The minimum atomic E-state index is -0.492. The van der Waals surface area contributed by atoms with Gasteiger partial charge in [-0.1, -0.05) is 59.8 Å². The van der Waals surface area contributed by atoms with Crippen molar-refractivity contribution in [2.75, 3.05) is 11.9 Å². The summed E-state index contributed by atoms with van der Waals surface area (Å²) in [5.41, 5.74) is 4.20. The Morgan fingerprint density at radius 3 is 2.71 bits per heavy atom. The molecule has 5 nitrogen and oxygen atoms in total. The van der Waals surface area contributed by atoms with Gasteiger partial charge >= 0.3 is 0 Å². The fourth-order valence-electron chi connectivity index (χ4n) is 3.17. The lowest BCUT2D eigenvalue weighted by molar-refractivity contribution is -0.115. The van der Waals surface area contributed by atoms with Crippen LogP contribution in [0.25, 0.3) is 11.0 Å². The van der Waals surface area contributed by atoms with E-state index in [1.807, 2.05) is 74.5 Å². The number of hydrogen-bond donors (Lipinski definition) is 2. The number of fused-ring (bicyclic) bond motifs is 1. The number of halogens is 1. The molecule has 31 heavy (non-hydrogen) atoms. The van der Waals surface area contributed by atoms with Gasteiger partial charge in [0.2, 0.25) is 5.91 Å². The highest BCUT2D eigenvalue weighted by molar-refractivity contribution is 8.00. The van der Waals surface area contributed by atoms with E-state index in [1.165, 1.54) is 11.8 Å². The van der Waals surface area contributed by atoms with E-state index in [0.29, 0.717) is 22.5 Å². The summed E-state index contributed by atoms with van der Waals surface area (Å²) in [6.45, 7) is 4.47. The van der Waals surface area contributed by atoms with Crippen LogP contribution in [-0.2, 0) is 4.79 Å². The second-order valence-electron chi connectivity index (χ2n) is 7.02. The Morgan fingerprint density at radius 1 is 1.16 bits per heavy atom. The topological polar surface area (TPSA) is 67.0 Å². The van der Waals surface area contributed by atoms with Crippen molar-refractivity contribution >= 4 is 46.0 Å². The normalized spacial score (nSPS) is 12.0. The van der Waals surface area contributed by atoms with Gasteiger partial charge in [-0.3, -0.25) is 4.79 Å². The number of carbonyl (C=O) groups is 1. The van der Waals surface area contributed by atoms with Crippen molar-refractivity contribution in [3.05, 3.63) is 82.9 Å². The van der Waals surface area contributed by atoms with Gasteiger partial charge in [-0.2, -0.15) is 0 Å². The Bertz CT molecular complexity index is 1210. The Morgan fingerprint density at radius 2 is 1.97 bits per heavy atom. The molecule has 1 atom stereocenters. The van der Waals surface area contributed by atoms with E-state index < -0.39 is 5.25 Å². The summed E-state index contributed by atoms with van der Waals surface area (Å²) in [5.74, 6) is 0.635. The van der Waals surface area contributed by atoms with E-state index in [-0.39, 0.29) is 5.91 Å². The van der Waals surface area contributed by atoms with Gasteiger partial charge in [0.05, 0.1) is 17.6 Å². The third-order valence-corrected chi connectivity index (χ3v) is 6.30. The van der Waals surface area contributed by atoms with Crippen LogP contribution >= 0.6 is 23.4 Å². The van der Waals surface area contributed by atoms with Gasteiger partial charge in [-0.25, -0.2) is 4.98 Å². The van der Waals surface area contributed by atoms with Crippen molar-refractivity contribution in [3.63, 3.8) is 0 Å². The molecule has 2 N–H and O–H groups in total. The van der Waals surface area contributed by atoms with Crippen molar-refractivity contribution in [1.29, 1.82) is 0 Å². The minimum absolute atomic E-state index is 0.147. The van der Waals surface area contributed by atoms with Crippen molar-refractivity contribution in [2.45, 2.75) is 24.3 Å². The van der Waals surface area contributed by atoms with E-state index in [9.17, 15) is 4.79 Å². The van der Waals surface area contributed by atoms with Crippen molar-refractivity contribution in [1.82, 2.24) is 9.97 Å². The van der Waals surface area contributed by atoms with E-state index in [4.69, 9.17) is 16.3 Å². The number of rotatable bonds is 7. The summed E-state index contributed by atoms with van der Waals surface area (Å²) >= 11 is 7.59. The van der Waals surface area contributed by atoms with Crippen molar-refractivity contribution in [2.24, 2.45) is 0 Å². The third-order valence-electron chi connectivity index (χ3n) is 4.75. The molecule has 1 heterocycles. The first kappa shape index (κ1) is 21.3. The highest BCUT2D eigenvalue weighted by Gasteiger charge is 2.24. The second kappa shape index (κ2) is 9.45. The maximum Gasteiger partial charge on any atom is 0.242 e. The first-order valence-corrected chi connectivity index (χ1v) is 11.2. The van der Waals surface area contributed by atoms with Crippen molar-refractivity contribution < 1.29 is 9.53 Å². The average Bonchev–Trinajstić information content (AvgIpc) is 3.17. The van der Waals surface area contributed by atoms with Gasteiger partial charge in [0, 0.05) is 16.8 Å². The molecule has 4 aromatic rings.